The zero-order valence-corrected chi connectivity index (χ0v) is 21.3. The van der Waals surface area contributed by atoms with E-state index in [1.807, 2.05) is 61.5 Å². The summed E-state index contributed by atoms with van der Waals surface area (Å²) in [5, 5.41) is 11.3. The van der Waals surface area contributed by atoms with Crippen LogP contribution in [0, 0.1) is 6.92 Å². The molecule has 1 heterocycles. The average molecular weight is 502 g/mol. The largest absolute Gasteiger partial charge is 0.507 e. The summed E-state index contributed by atoms with van der Waals surface area (Å²) >= 11 is 0. The SMILES string of the molecule is COCCCN1C(=O)C(=O)/C(=C(\O)c2ccc(OC)cc2C)C1c1ccc(OCc2ccccc2)cc1. The van der Waals surface area contributed by atoms with Gasteiger partial charge in [-0.2, -0.15) is 0 Å². The fraction of sp³-hybridized carbons (Fsp3) is 0.267. The van der Waals surface area contributed by atoms with Gasteiger partial charge in [-0.15, -0.1) is 0 Å². The molecule has 1 amide bonds. The van der Waals surface area contributed by atoms with Gasteiger partial charge in [0.15, 0.2) is 0 Å². The molecule has 192 valence electrons. The highest BCUT2D eigenvalue weighted by Crippen LogP contribution is 2.40. The van der Waals surface area contributed by atoms with Gasteiger partial charge in [-0.05, 0) is 60.4 Å². The first-order chi connectivity index (χ1) is 17.9. The van der Waals surface area contributed by atoms with Crippen molar-refractivity contribution in [3.05, 3.63) is 101 Å². The van der Waals surface area contributed by atoms with Gasteiger partial charge in [0.25, 0.3) is 11.7 Å². The second-order valence-electron chi connectivity index (χ2n) is 8.86. The Morgan fingerprint density at radius 2 is 1.65 bits per heavy atom. The van der Waals surface area contributed by atoms with Gasteiger partial charge in [0.2, 0.25) is 0 Å². The maximum Gasteiger partial charge on any atom is 0.295 e. The van der Waals surface area contributed by atoms with Crippen LogP contribution in [0.3, 0.4) is 0 Å². The second-order valence-corrected chi connectivity index (χ2v) is 8.86. The number of ketones is 1. The van der Waals surface area contributed by atoms with Crippen LogP contribution in [0.4, 0.5) is 0 Å². The average Bonchev–Trinajstić information content (AvgIpc) is 3.17. The maximum absolute atomic E-state index is 13.2. The molecule has 4 rings (SSSR count). The van der Waals surface area contributed by atoms with Gasteiger partial charge in [-0.25, -0.2) is 0 Å². The third kappa shape index (κ3) is 5.67. The Kier molecular flexibility index (Phi) is 8.25. The quantitative estimate of drug-likeness (QED) is 0.181. The first-order valence-corrected chi connectivity index (χ1v) is 12.1. The fourth-order valence-corrected chi connectivity index (χ4v) is 4.50. The number of rotatable bonds is 10. The Morgan fingerprint density at radius 3 is 2.30 bits per heavy atom. The predicted octanol–water partition coefficient (Wildman–Crippen LogP) is 5.04. The lowest BCUT2D eigenvalue weighted by Gasteiger charge is -2.25. The summed E-state index contributed by atoms with van der Waals surface area (Å²) in [5.74, 6) is -0.258. The predicted molar refractivity (Wildman–Crippen MR) is 140 cm³/mol. The summed E-state index contributed by atoms with van der Waals surface area (Å²) < 4.78 is 16.3. The van der Waals surface area contributed by atoms with Gasteiger partial charge in [0.1, 0.15) is 23.9 Å². The third-order valence-electron chi connectivity index (χ3n) is 6.42. The highest BCUT2D eigenvalue weighted by molar-refractivity contribution is 6.46. The van der Waals surface area contributed by atoms with Crippen molar-refractivity contribution in [1.29, 1.82) is 0 Å². The number of likely N-dealkylation sites (tertiary alicyclic amines) is 1. The van der Waals surface area contributed by atoms with E-state index in [0.717, 1.165) is 11.1 Å². The van der Waals surface area contributed by atoms with Gasteiger partial charge < -0.3 is 24.2 Å². The van der Waals surface area contributed by atoms with E-state index in [1.54, 1.807) is 32.4 Å². The molecule has 0 radical (unpaired) electrons. The van der Waals surface area contributed by atoms with Gasteiger partial charge in [0.05, 0.1) is 18.7 Å². The van der Waals surface area contributed by atoms with E-state index >= 15 is 0 Å². The summed E-state index contributed by atoms with van der Waals surface area (Å²) in [7, 11) is 3.15. The molecule has 37 heavy (non-hydrogen) atoms. The number of aliphatic hydroxyl groups excluding tert-OH is 1. The lowest BCUT2D eigenvalue weighted by atomic mass is 9.93. The molecule has 3 aromatic rings. The van der Waals surface area contributed by atoms with E-state index in [9.17, 15) is 14.7 Å². The molecule has 0 aromatic heterocycles. The zero-order valence-electron chi connectivity index (χ0n) is 21.3. The number of Topliss-reactive ketones (excluding diaryl/α,β-unsaturated/α-hetero) is 1. The lowest BCUT2D eigenvalue weighted by molar-refractivity contribution is -0.140. The molecule has 0 bridgehead atoms. The molecule has 1 N–H and O–H groups in total. The van der Waals surface area contributed by atoms with E-state index in [1.165, 1.54) is 4.90 Å². The van der Waals surface area contributed by atoms with Crippen molar-refractivity contribution in [2.45, 2.75) is 26.0 Å². The Morgan fingerprint density at radius 1 is 0.946 bits per heavy atom. The molecule has 1 aliphatic rings. The van der Waals surface area contributed by atoms with Crippen molar-refractivity contribution < 1.29 is 28.9 Å². The van der Waals surface area contributed by atoms with E-state index in [4.69, 9.17) is 14.2 Å². The number of aliphatic hydroxyl groups is 1. The minimum Gasteiger partial charge on any atom is -0.507 e. The minimum absolute atomic E-state index is 0.0636. The van der Waals surface area contributed by atoms with Crippen molar-refractivity contribution in [3.63, 3.8) is 0 Å². The maximum atomic E-state index is 13.2. The van der Waals surface area contributed by atoms with Gasteiger partial charge >= 0.3 is 0 Å². The Bertz CT molecular complexity index is 1280. The summed E-state index contributed by atoms with van der Waals surface area (Å²) in [4.78, 5) is 27.8. The molecular weight excluding hydrogens is 470 g/mol. The molecule has 7 nitrogen and oxygen atoms in total. The number of carbonyl (C=O) groups excluding carboxylic acids is 2. The molecule has 7 heteroatoms. The number of ether oxygens (including phenoxy) is 3. The van der Waals surface area contributed by atoms with E-state index in [0.29, 0.717) is 48.8 Å². The number of methoxy groups -OCH3 is 2. The standard InChI is InChI=1S/C30H31NO6/c1-20-18-24(36-3)14-15-25(20)28(32)26-27(31(16-7-17-35-2)30(34)29(26)33)22-10-12-23(13-11-22)37-19-21-8-5-4-6-9-21/h4-6,8-15,18,27,32H,7,16-17,19H2,1-3H3/b28-26-. The highest BCUT2D eigenvalue weighted by Gasteiger charge is 2.45. The van der Waals surface area contributed by atoms with Gasteiger partial charge in [-0.1, -0.05) is 42.5 Å². The number of aryl methyl sites for hydroxylation is 1. The molecule has 3 aromatic carbocycles. The highest BCUT2D eigenvalue weighted by atomic mass is 16.5. The van der Waals surface area contributed by atoms with Crippen molar-refractivity contribution in [2.24, 2.45) is 0 Å². The normalized spacial score (nSPS) is 16.7. The van der Waals surface area contributed by atoms with Crippen molar-refractivity contribution in [2.75, 3.05) is 27.4 Å². The molecule has 1 unspecified atom stereocenters. The molecule has 1 saturated heterocycles. The second kappa shape index (κ2) is 11.8. The van der Waals surface area contributed by atoms with Crippen LogP contribution in [-0.2, 0) is 20.9 Å². The number of hydrogen-bond donors (Lipinski definition) is 1. The zero-order chi connectivity index (χ0) is 26.4. The Hall–Kier alpha value is -4.10. The number of carbonyl (C=O) groups is 2. The molecule has 0 saturated carbocycles. The van der Waals surface area contributed by atoms with Gasteiger partial charge in [0, 0.05) is 25.8 Å². The first kappa shape index (κ1) is 26.0. The van der Waals surface area contributed by atoms with E-state index in [2.05, 4.69) is 0 Å². The van der Waals surface area contributed by atoms with E-state index in [-0.39, 0.29) is 11.3 Å². The van der Waals surface area contributed by atoms with Crippen LogP contribution in [-0.4, -0.2) is 49.1 Å². The van der Waals surface area contributed by atoms with Crippen LogP contribution in [0.25, 0.3) is 5.76 Å². The number of hydrogen-bond acceptors (Lipinski definition) is 6. The summed E-state index contributed by atoms with van der Waals surface area (Å²) in [6.07, 6.45) is 0.555. The van der Waals surface area contributed by atoms with E-state index < -0.39 is 17.7 Å². The molecule has 0 spiro atoms. The lowest BCUT2D eigenvalue weighted by Crippen LogP contribution is -2.31. The summed E-state index contributed by atoms with van der Waals surface area (Å²) in [5.41, 5.74) is 3.02. The number of nitrogens with zero attached hydrogens (tertiary/aromatic N) is 1. The van der Waals surface area contributed by atoms with Crippen LogP contribution in [0.2, 0.25) is 0 Å². The third-order valence-corrected chi connectivity index (χ3v) is 6.42. The number of benzene rings is 3. The Labute approximate surface area is 216 Å². The first-order valence-electron chi connectivity index (χ1n) is 12.1. The van der Waals surface area contributed by atoms with Crippen LogP contribution in [0.5, 0.6) is 11.5 Å². The summed E-state index contributed by atoms with van der Waals surface area (Å²) in [6.45, 7) is 3.00. The Balaban J connectivity index is 1.69. The molecule has 1 aliphatic heterocycles. The molecule has 1 fully saturated rings. The minimum atomic E-state index is -0.735. The molecule has 1 atom stereocenters. The summed E-state index contributed by atoms with van der Waals surface area (Å²) in [6, 6.07) is 21.6. The fourth-order valence-electron chi connectivity index (χ4n) is 4.50. The van der Waals surface area contributed by atoms with Crippen LogP contribution in [0.1, 0.15) is 34.7 Å². The van der Waals surface area contributed by atoms with Crippen LogP contribution in [0.15, 0.2) is 78.4 Å². The monoisotopic (exact) mass is 501 g/mol. The van der Waals surface area contributed by atoms with Crippen molar-refractivity contribution in [1.82, 2.24) is 4.90 Å². The number of amides is 1. The van der Waals surface area contributed by atoms with Crippen LogP contribution >= 0.6 is 0 Å². The van der Waals surface area contributed by atoms with Crippen molar-refractivity contribution in [3.8, 4) is 11.5 Å². The molecular formula is C30H31NO6. The topological polar surface area (TPSA) is 85.3 Å². The van der Waals surface area contributed by atoms with Gasteiger partial charge in [-0.3, -0.25) is 9.59 Å². The molecule has 0 aliphatic carbocycles. The van der Waals surface area contributed by atoms with Crippen LogP contribution < -0.4 is 9.47 Å². The van der Waals surface area contributed by atoms with Crippen molar-refractivity contribution >= 4 is 17.4 Å². The smallest absolute Gasteiger partial charge is 0.295 e.